The van der Waals surface area contributed by atoms with E-state index in [2.05, 4.69) is 21.7 Å². The molecule has 12 nitrogen and oxygen atoms in total. The summed E-state index contributed by atoms with van der Waals surface area (Å²) in [7, 11) is 0. The number of benzene rings is 1. The summed E-state index contributed by atoms with van der Waals surface area (Å²) >= 11 is 0. The third-order valence-electron chi connectivity index (χ3n) is 10.4. The highest BCUT2D eigenvalue weighted by molar-refractivity contribution is 5.96. The van der Waals surface area contributed by atoms with Crippen molar-refractivity contribution in [3.8, 4) is 0 Å². The maximum atomic E-state index is 13.4. The van der Waals surface area contributed by atoms with Crippen molar-refractivity contribution in [2.24, 2.45) is 0 Å². The molecule has 270 valence electrons. The van der Waals surface area contributed by atoms with Crippen molar-refractivity contribution in [3.63, 3.8) is 0 Å². The Labute approximate surface area is 283 Å². The van der Waals surface area contributed by atoms with Gasteiger partial charge in [-0.2, -0.15) is 13.2 Å². The number of ether oxygens (including phenoxy) is 2. The lowest BCUT2D eigenvalue weighted by atomic mass is 9.85. The zero-order valence-corrected chi connectivity index (χ0v) is 28.0. The number of piperazine rings is 1. The number of carboxylic acids is 1. The minimum atomic E-state index is -4.53. The summed E-state index contributed by atoms with van der Waals surface area (Å²) in [5.41, 5.74) is 1.73. The molecule has 0 aliphatic carbocycles. The molecule has 49 heavy (non-hydrogen) atoms. The van der Waals surface area contributed by atoms with Crippen molar-refractivity contribution < 1.29 is 52.7 Å². The number of aryl methyl sites for hydroxylation is 2. The van der Waals surface area contributed by atoms with Gasteiger partial charge in [0.1, 0.15) is 18.3 Å². The first kappa shape index (κ1) is 37.1. The van der Waals surface area contributed by atoms with Crippen molar-refractivity contribution in [3.05, 3.63) is 64.5 Å². The van der Waals surface area contributed by atoms with E-state index in [9.17, 15) is 43.2 Å². The fourth-order valence-electron chi connectivity index (χ4n) is 7.26. The van der Waals surface area contributed by atoms with Crippen LogP contribution in [0.5, 0.6) is 0 Å². The number of carbonyl (C=O) groups is 2. The predicted octanol–water partition coefficient (Wildman–Crippen LogP) is 2.37. The molecule has 3 fully saturated rings. The number of carbonyl (C=O) groups excluding carboxylic acids is 1. The first-order valence-electron chi connectivity index (χ1n) is 16.5. The zero-order chi connectivity index (χ0) is 35.8. The fraction of sp³-hybridized carbons (Fsp3) is 0.618. The summed E-state index contributed by atoms with van der Waals surface area (Å²) < 4.78 is 51.3. The lowest BCUT2D eigenvalue weighted by Gasteiger charge is -2.53. The standard InChI is InChI=1S/C34H45F3N4O8/c1-19-9-12-38-21(3)25(19)30(45)39-13-10-33(4,11-14-39)40-15-16-41(20(2)17-40)24(22-5-7-23(8-6-22)34(35,36)37)18-48-32-28(44)26(42)27(43)29(49-32)31(46)47/h5-9,12,20,24,26-29,32,42-44H,10-11,13-18H2,1-4H3,(H,46,47)/t20-,24-,26?,27?,28?,29?,32?/m0/s1. The molecule has 4 N–H and O–H groups in total. The van der Waals surface area contributed by atoms with Crippen LogP contribution in [-0.2, 0) is 20.4 Å². The summed E-state index contributed by atoms with van der Waals surface area (Å²) in [6.45, 7) is 10.7. The molecule has 4 heterocycles. The maximum absolute atomic E-state index is 13.4. The van der Waals surface area contributed by atoms with Gasteiger partial charge in [-0.3, -0.25) is 19.6 Å². The topological polar surface area (TPSA) is 156 Å². The average Bonchev–Trinajstić information content (AvgIpc) is 3.05. The van der Waals surface area contributed by atoms with Gasteiger partial charge in [-0.15, -0.1) is 0 Å². The number of carboxylic acid groups (broad SMARTS) is 1. The molecule has 1 aromatic heterocycles. The Kier molecular flexibility index (Phi) is 11.0. The number of amides is 1. The second-order valence-corrected chi connectivity index (χ2v) is 13.6. The van der Waals surface area contributed by atoms with Crippen LogP contribution < -0.4 is 0 Å². The van der Waals surface area contributed by atoms with Gasteiger partial charge in [-0.1, -0.05) is 12.1 Å². The minimum absolute atomic E-state index is 0.0218. The van der Waals surface area contributed by atoms with Crippen LogP contribution in [0.3, 0.4) is 0 Å². The molecular formula is C34H45F3N4O8. The van der Waals surface area contributed by atoms with E-state index in [0.717, 1.165) is 30.5 Å². The summed E-state index contributed by atoms with van der Waals surface area (Å²) in [4.78, 5) is 35.7. The normalized spacial score (nSPS) is 29.1. The van der Waals surface area contributed by atoms with E-state index in [4.69, 9.17) is 9.47 Å². The number of halogens is 3. The van der Waals surface area contributed by atoms with E-state index in [0.29, 0.717) is 49.5 Å². The molecule has 0 saturated carbocycles. The van der Waals surface area contributed by atoms with Gasteiger partial charge in [-0.05, 0) is 69.9 Å². The summed E-state index contributed by atoms with van der Waals surface area (Å²) in [6.07, 6.45) is -10.3. The number of pyridine rings is 1. The molecule has 1 amide bonds. The van der Waals surface area contributed by atoms with E-state index in [1.807, 2.05) is 31.7 Å². The van der Waals surface area contributed by atoms with Crippen LogP contribution in [0.4, 0.5) is 13.2 Å². The predicted molar refractivity (Wildman–Crippen MR) is 169 cm³/mol. The highest BCUT2D eigenvalue weighted by Crippen LogP contribution is 2.36. The van der Waals surface area contributed by atoms with Gasteiger partial charge < -0.3 is 34.8 Å². The molecule has 3 aliphatic rings. The van der Waals surface area contributed by atoms with Gasteiger partial charge in [0.25, 0.3) is 5.91 Å². The van der Waals surface area contributed by atoms with Crippen LogP contribution in [0.25, 0.3) is 0 Å². The third kappa shape index (κ3) is 7.77. The van der Waals surface area contributed by atoms with E-state index in [1.165, 1.54) is 12.1 Å². The number of rotatable bonds is 8. The number of hydrogen-bond acceptors (Lipinski definition) is 10. The van der Waals surface area contributed by atoms with E-state index in [1.54, 1.807) is 6.20 Å². The molecule has 7 atom stereocenters. The smallest absolute Gasteiger partial charge is 0.416 e. The van der Waals surface area contributed by atoms with Crippen LogP contribution in [-0.4, -0.2) is 134 Å². The number of nitrogens with zero attached hydrogens (tertiary/aromatic N) is 4. The Hall–Kier alpha value is -3.18. The number of aliphatic carboxylic acids is 1. The van der Waals surface area contributed by atoms with Crippen LogP contribution in [0.1, 0.15) is 65.5 Å². The van der Waals surface area contributed by atoms with Gasteiger partial charge in [0.15, 0.2) is 12.4 Å². The monoisotopic (exact) mass is 694 g/mol. The average molecular weight is 695 g/mol. The highest BCUT2D eigenvalue weighted by Gasteiger charge is 2.48. The van der Waals surface area contributed by atoms with Gasteiger partial charge in [0.2, 0.25) is 0 Å². The number of aliphatic hydroxyl groups excluding tert-OH is 3. The molecule has 0 radical (unpaired) electrons. The van der Waals surface area contributed by atoms with Gasteiger partial charge in [0, 0.05) is 50.5 Å². The van der Waals surface area contributed by atoms with Crippen molar-refractivity contribution in [1.82, 2.24) is 19.7 Å². The van der Waals surface area contributed by atoms with Crippen LogP contribution in [0.2, 0.25) is 0 Å². The number of aliphatic hydroxyl groups is 3. The van der Waals surface area contributed by atoms with Gasteiger partial charge in [0.05, 0.1) is 29.5 Å². The number of hydrogen-bond donors (Lipinski definition) is 4. The second-order valence-electron chi connectivity index (χ2n) is 13.6. The zero-order valence-electron chi connectivity index (χ0n) is 28.0. The SMILES string of the molecule is Cc1ccnc(C)c1C(=O)N1CCC(C)(N2CCN([C@@H](COC3OC(C(=O)O)C(O)C(O)C3O)c3ccc(C(F)(F)F)cc3)[C@@H](C)C2)CC1. The lowest BCUT2D eigenvalue weighted by Crippen LogP contribution is -2.63. The molecule has 5 rings (SSSR count). The molecule has 0 bridgehead atoms. The fourth-order valence-corrected chi connectivity index (χ4v) is 7.26. The molecule has 3 saturated heterocycles. The Bertz CT molecular complexity index is 1470. The van der Waals surface area contributed by atoms with Crippen molar-refractivity contribution in [2.75, 3.05) is 39.3 Å². The van der Waals surface area contributed by atoms with Crippen molar-refractivity contribution >= 4 is 11.9 Å². The summed E-state index contributed by atoms with van der Waals surface area (Å²) in [5.74, 6) is -1.58. The second kappa shape index (κ2) is 14.6. The van der Waals surface area contributed by atoms with Crippen LogP contribution in [0.15, 0.2) is 36.5 Å². The molecule has 3 aliphatic heterocycles. The third-order valence-corrected chi connectivity index (χ3v) is 10.4. The maximum Gasteiger partial charge on any atom is 0.416 e. The number of alkyl halides is 3. The molecule has 1 aromatic carbocycles. The van der Waals surface area contributed by atoms with Gasteiger partial charge in [-0.25, -0.2) is 4.79 Å². The quantitative estimate of drug-likeness (QED) is 0.322. The molecule has 2 aromatic rings. The van der Waals surface area contributed by atoms with Crippen LogP contribution >= 0.6 is 0 Å². The number of aromatic nitrogens is 1. The highest BCUT2D eigenvalue weighted by atomic mass is 19.4. The largest absolute Gasteiger partial charge is 0.479 e. The number of piperidine rings is 1. The Morgan fingerprint density at radius 2 is 1.67 bits per heavy atom. The van der Waals surface area contributed by atoms with Gasteiger partial charge >= 0.3 is 12.1 Å². The Morgan fingerprint density at radius 3 is 2.24 bits per heavy atom. The van der Waals surface area contributed by atoms with Crippen molar-refractivity contribution in [1.29, 1.82) is 0 Å². The van der Waals surface area contributed by atoms with Crippen LogP contribution in [0, 0.1) is 13.8 Å². The first-order valence-corrected chi connectivity index (χ1v) is 16.5. The molecular weight excluding hydrogens is 649 g/mol. The summed E-state index contributed by atoms with van der Waals surface area (Å²) in [6, 6.07) is 5.81. The Morgan fingerprint density at radius 1 is 1.02 bits per heavy atom. The van der Waals surface area contributed by atoms with Crippen molar-refractivity contribution in [2.45, 2.75) is 95.0 Å². The Balaban J connectivity index is 1.29. The van der Waals surface area contributed by atoms with E-state index >= 15 is 0 Å². The van der Waals surface area contributed by atoms with E-state index in [-0.39, 0.29) is 24.1 Å². The minimum Gasteiger partial charge on any atom is -0.479 e. The first-order chi connectivity index (χ1) is 23.0. The summed E-state index contributed by atoms with van der Waals surface area (Å²) in [5, 5.41) is 40.2. The molecule has 0 spiro atoms. The molecule has 15 heteroatoms. The lowest BCUT2D eigenvalue weighted by molar-refractivity contribution is -0.297. The van der Waals surface area contributed by atoms with E-state index < -0.39 is 54.5 Å². The number of likely N-dealkylation sites (tertiary alicyclic amines) is 1. The molecule has 5 unspecified atom stereocenters.